The molecule has 0 spiro atoms. The molecule has 1 N–H and O–H groups in total. The van der Waals surface area contributed by atoms with Crippen LogP contribution in [-0.2, 0) is 4.79 Å². The predicted octanol–water partition coefficient (Wildman–Crippen LogP) is 3.60. The van der Waals surface area contributed by atoms with E-state index >= 15 is 0 Å². The molecule has 1 amide bonds. The Hall–Kier alpha value is -2.75. The average molecular weight is 325 g/mol. The molecule has 0 aliphatic heterocycles. The monoisotopic (exact) mass is 325 g/mol. The molecule has 0 radical (unpaired) electrons. The Kier molecular flexibility index (Phi) is 6.43. The molecule has 0 aliphatic carbocycles. The molecule has 0 saturated carbocycles. The van der Waals surface area contributed by atoms with E-state index < -0.39 is 0 Å². The summed E-state index contributed by atoms with van der Waals surface area (Å²) in [5, 5.41) is 2.88. The Balaban J connectivity index is 1.82. The van der Waals surface area contributed by atoms with Crippen LogP contribution < -0.4 is 14.8 Å². The predicted molar refractivity (Wildman–Crippen MR) is 96.3 cm³/mol. The summed E-state index contributed by atoms with van der Waals surface area (Å²) in [6, 6.07) is 15.3. The minimum absolute atomic E-state index is 0.0962. The molecule has 4 nitrogen and oxygen atoms in total. The summed E-state index contributed by atoms with van der Waals surface area (Å²) in [5.74, 6) is 1.37. The lowest BCUT2D eigenvalue weighted by atomic mass is 10.2. The maximum absolute atomic E-state index is 12.0. The number of para-hydroxylation sites is 1. The molecular formula is C20H23NO3. The van der Waals surface area contributed by atoms with Crippen molar-refractivity contribution >= 4 is 12.0 Å². The molecule has 24 heavy (non-hydrogen) atoms. The van der Waals surface area contributed by atoms with Crippen molar-refractivity contribution in [2.24, 2.45) is 0 Å². The SMILES string of the molecule is COc1ccccc1/C=C/C(=O)NC(C)COc1ccc(C)cc1. The van der Waals surface area contributed by atoms with E-state index in [1.165, 1.54) is 11.6 Å². The van der Waals surface area contributed by atoms with Crippen molar-refractivity contribution in [2.45, 2.75) is 19.9 Å². The third kappa shape index (κ3) is 5.47. The number of methoxy groups -OCH3 is 1. The number of rotatable bonds is 7. The minimum Gasteiger partial charge on any atom is -0.496 e. The van der Waals surface area contributed by atoms with E-state index in [1.54, 1.807) is 13.2 Å². The van der Waals surface area contributed by atoms with E-state index in [9.17, 15) is 4.79 Å². The van der Waals surface area contributed by atoms with Crippen LogP contribution >= 0.6 is 0 Å². The van der Waals surface area contributed by atoms with Crippen molar-refractivity contribution in [1.29, 1.82) is 0 Å². The molecule has 2 rings (SSSR count). The zero-order valence-electron chi connectivity index (χ0n) is 14.3. The largest absolute Gasteiger partial charge is 0.496 e. The first kappa shape index (κ1) is 17.6. The van der Waals surface area contributed by atoms with E-state index in [2.05, 4.69) is 5.32 Å². The number of ether oxygens (including phenoxy) is 2. The zero-order chi connectivity index (χ0) is 17.4. The molecule has 0 bridgehead atoms. The van der Waals surface area contributed by atoms with Gasteiger partial charge in [-0.15, -0.1) is 0 Å². The lowest BCUT2D eigenvalue weighted by Gasteiger charge is -2.14. The number of carbonyl (C=O) groups excluding carboxylic acids is 1. The van der Waals surface area contributed by atoms with Crippen LogP contribution in [0.15, 0.2) is 54.6 Å². The maximum Gasteiger partial charge on any atom is 0.244 e. The van der Waals surface area contributed by atoms with E-state index in [1.807, 2.05) is 62.4 Å². The van der Waals surface area contributed by atoms with Crippen LogP contribution in [0.25, 0.3) is 6.08 Å². The Morgan fingerprint density at radius 2 is 1.88 bits per heavy atom. The van der Waals surface area contributed by atoms with Crippen LogP contribution in [0.1, 0.15) is 18.1 Å². The van der Waals surface area contributed by atoms with Crippen LogP contribution in [0, 0.1) is 6.92 Å². The van der Waals surface area contributed by atoms with Gasteiger partial charge in [-0.1, -0.05) is 35.9 Å². The second-order valence-corrected chi connectivity index (χ2v) is 5.61. The number of carbonyl (C=O) groups is 1. The van der Waals surface area contributed by atoms with Crippen molar-refractivity contribution < 1.29 is 14.3 Å². The van der Waals surface area contributed by atoms with Gasteiger partial charge in [-0.25, -0.2) is 0 Å². The number of benzene rings is 2. The molecule has 0 aliphatic rings. The van der Waals surface area contributed by atoms with Crippen LogP contribution in [0.3, 0.4) is 0 Å². The summed E-state index contributed by atoms with van der Waals surface area (Å²) in [6.45, 7) is 4.35. The van der Waals surface area contributed by atoms with Gasteiger partial charge in [-0.3, -0.25) is 4.79 Å². The molecule has 2 aromatic rings. The normalized spacial score (nSPS) is 12.0. The highest BCUT2D eigenvalue weighted by Crippen LogP contribution is 2.18. The summed E-state index contributed by atoms with van der Waals surface area (Å²) in [7, 11) is 1.61. The molecule has 0 aromatic heterocycles. The molecule has 1 unspecified atom stereocenters. The molecule has 0 saturated heterocycles. The molecule has 4 heteroatoms. The first-order valence-corrected chi connectivity index (χ1v) is 7.89. The smallest absolute Gasteiger partial charge is 0.244 e. The Morgan fingerprint density at radius 1 is 1.17 bits per heavy atom. The van der Waals surface area contributed by atoms with Gasteiger partial charge >= 0.3 is 0 Å². The van der Waals surface area contributed by atoms with Gasteiger partial charge in [0.25, 0.3) is 0 Å². The van der Waals surface area contributed by atoms with Crippen molar-refractivity contribution in [3.8, 4) is 11.5 Å². The van der Waals surface area contributed by atoms with E-state index in [-0.39, 0.29) is 11.9 Å². The second kappa shape index (κ2) is 8.77. The molecule has 2 aromatic carbocycles. The summed E-state index contributed by atoms with van der Waals surface area (Å²) in [4.78, 5) is 12.0. The first-order chi connectivity index (χ1) is 11.6. The van der Waals surface area contributed by atoms with Gasteiger partial charge in [0, 0.05) is 11.6 Å². The van der Waals surface area contributed by atoms with Crippen LogP contribution in [0.5, 0.6) is 11.5 Å². The van der Waals surface area contributed by atoms with E-state index in [0.29, 0.717) is 6.61 Å². The summed E-state index contributed by atoms with van der Waals surface area (Å²) < 4.78 is 10.9. The number of nitrogens with one attached hydrogen (secondary N) is 1. The van der Waals surface area contributed by atoms with Crippen molar-refractivity contribution in [3.63, 3.8) is 0 Å². The fourth-order valence-electron chi connectivity index (χ4n) is 2.16. The molecular weight excluding hydrogens is 302 g/mol. The van der Waals surface area contributed by atoms with Crippen LogP contribution in [0.2, 0.25) is 0 Å². The lowest BCUT2D eigenvalue weighted by molar-refractivity contribution is -0.117. The van der Waals surface area contributed by atoms with Gasteiger partial charge in [0.05, 0.1) is 13.2 Å². The third-order valence-electron chi connectivity index (χ3n) is 3.46. The van der Waals surface area contributed by atoms with E-state index in [0.717, 1.165) is 17.1 Å². The number of aryl methyl sites for hydroxylation is 1. The highest BCUT2D eigenvalue weighted by molar-refractivity contribution is 5.92. The van der Waals surface area contributed by atoms with Crippen molar-refractivity contribution in [1.82, 2.24) is 5.32 Å². The molecule has 0 heterocycles. The summed E-state index contributed by atoms with van der Waals surface area (Å²) >= 11 is 0. The van der Waals surface area contributed by atoms with Crippen LogP contribution in [0.4, 0.5) is 0 Å². The van der Waals surface area contributed by atoms with Gasteiger partial charge in [0.15, 0.2) is 0 Å². The molecule has 0 fully saturated rings. The van der Waals surface area contributed by atoms with Gasteiger partial charge in [-0.2, -0.15) is 0 Å². The first-order valence-electron chi connectivity index (χ1n) is 7.89. The highest BCUT2D eigenvalue weighted by Gasteiger charge is 2.06. The Bertz CT molecular complexity index is 692. The summed E-state index contributed by atoms with van der Waals surface area (Å²) in [6.07, 6.45) is 3.24. The summed E-state index contributed by atoms with van der Waals surface area (Å²) in [5.41, 5.74) is 2.05. The second-order valence-electron chi connectivity index (χ2n) is 5.61. The third-order valence-corrected chi connectivity index (χ3v) is 3.46. The van der Waals surface area contributed by atoms with Crippen molar-refractivity contribution in [3.05, 3.63) is 65.7 Å². The molecule has 126 valence electrons. The Morgan fingerprint density at radius 3 is 2.58 bits per heavy atom. The number of amides is 1. The topological polar surface area (TPSA) is 47.6 Å². The lowest BCUT2D eigenvalue weighted by Crippen LogP contribution is -2.35. The Labute approximate surface area is 143 Å². The maximum atomic E-state index is 12.0. The standard InChI is InChI=1S/C20H23NO3/c1-15-8-11-18(12-9-15)24-14-16(2)21-20(22)13-10-17-6-4-5-7-19(17)23-3/h4-13,16H,14H2,1-3H3,(H,21,22)/b13-10+. The van der Waals surface area contributed by atoms with E-state index in [4.69, 9.17) is 9.47 Å². The van der Waals surface area contributed by atoms with Gasteiger partial charge in [-0.05, 0) is 38.1 Å². The van der Waals surface area contributed by atoms with Crippen molar-refractivity contribution in [2.75, 3.05) is 13.7 Å². The fourth-order valence-corrected chi connectivity index (χ4v) is 2.16. The van der Waals surface area contributed by atoms with Crippen LogP contribution in [-0.4, -0.2) is 25.7 Å². The number of hydrogen-bond donors (Lipinski definition) is 1. The van der Waals surface area contributed by atoms with Gasteiger partial charge in [0.2, 0.25) is 5.91 Å². The number of hydrogen-bond acceptors (Lipinski definition) is 3. The zero-order valence-corrected chi connectivity index (χ0v) is 14.3. The van der Waals surface area contributed by atoms with Gasteiger partial charge < -0.3 is 14.8 Å². The fraction of sp³-hybridized carbons (Fsp3) is 0.250. The van der Waals surface area contributed by atoms with Gasteiger partial charge in [0.1, 0.15) is 18.1 Å². The quantitative estimate of drug-likeness (QED) is 0.791. The average Bonchev–Trinajstić information content (AvgIpc) is 2.59. The minimum atomic E-state index is -0.166. The molecule has 1 atom stereocenters. The highest BCUT2D eigenvalue weighted by atomic mass is 16.5.